The molecule has 2 bridgehead atoms. The maximum Gasteiger partial charge on any atom is 0.464 e. The van der Waals surface area contributed by atoms with Gasteiger partial charge in [-0.2, -0.15) is 0 Å². The lowest BCUT2D eigenvalue weighted by atomic mass is 9.23. The molecule has 124 valence electrons. The molecule has 1 saturated heterocycles. The maximum absolute atomic E-state index is 6.31. The lowest BCUT2D eigenvalue weighted by molar-refractivity contribution is -0.0388. The Morgan fingerprint density at radius 1 is 1.00 bits per heavy atom. The first-order chi connectivity index (χ1) is 10.6. The van der Waals surface area contributed by atoms with Crippen LogP contribution in [-0.4, -0.2) is 25.4 Å². The topological polar surface area (TPSA) is 27.7 Å². The van der Waals surface area contributed by atoms with E-state index in [9.17, 15) is 0 Å². The van der Waals surface area contributed by atoms with Crippen molar-refractivity contribution in [3.05, 3.63) is 29.3 Å². The number of ether oxygens (including phenoxy) is 1. The van der Waals surface area contributed by atoms with Crippen molar-refractivity contribution >= 4 is 7.12 Å². The molecule has 4 fully saturated rings. The molecule has 1 aliphatic heterocycles. The molecule has 3 aliphatic carbocycles. The number of benzene rings is 1. The Morgan fingerprint density at radius 3 is 2.04 bits per heavy atom. The van der Waals surface area contributed by atoms with Crippen molar-refractivity contribution in [3.63, 3.8) is 0 Å². The molecule has 3 nitrogen and oxygen atoms in total. The molecule has 4 heteroatoms. The highest BCUT2D eigenvalue weighted by Gasteiger charge is 2.76. The van der Waals surface area contributed by atoms with Crippen molar-refractivity contribution in [2.24, 2.45) is 0 Å². The molecule has 0 unspecified atom stereocenters. The lowest BCUT2D eigenvalue weighted by Crippen LogP contribution is -2.66. The van der Waals surface area contributed by atoms with Crippen LogP contribution >= 0.6 is 0 Å². The molecule has 5 rings (SSSR count). The van der Waals surface area contributed by atoms with Crippen LogP contribution in [0.1, 0.15) is 58.1 Å². The van der Waals surface area contributed by atoms with Crippen molar-refractivity contribution in [1.82, 2.24) is 0 Å². The number of rotatable bonds is 3. The van der Waals surface area contributed by atoms with E-state index in [4.69, 9.17) is 14.0 Å². The highest BCUT2D eigenvalue weighted by Crippen LogP contribution is 2.81. The van der Waals surface area contributed by atoms with Gasteiger partial charge in [0.2, 0.25) is 0 Å². The third kappa shape index (κ3) is 1.91. The predicted octanol–water partition coefficient (Wildman–Crippen LogP) is 4.27. The number of hydrogen-bond acceptors (Lipinski definition) is 3. The van der Waals surface area contributed by atoms with Crippen LogP contribution in [0.3, 0.4) is 0 Å². The van der Waals surface area contributed by atoms with E-state index in [1.54, 1.807) is 7.11 Å². The second kappa shape index (κ2) is 4.34. The van der Waals surface area contributed by atoms with E-state index in [0.29, 0.717) is 5.41 Å². The molecule has 1 aromatic rings. The second-order valence-electron chi connectivity index (χ2n) is 8.94. The van der Waals surface area contributed by atoms with Gasteiger partial charge in [0.15, 0.2) is 0 Å². The summed E-state index contributed by atoms with van der Waals surface area (Å²) in [4.78, 5) is 0. The molecule has 0 N–H and O–H groups in total. The van der Waals surface area contributed by atoms with Crippen LogP contribution in [0.5, 0.6) is 5.75 Å². The summed E-state index contributed by atoms with van der Waals surface area (Å²) in [6.45, 7) is 10.8. The highest BCUT2D eigenvalue weighted by atomic mass is 16.7. The van der Waals surface area contributed by atoms with Crippen LogP contribution < -0.4 is 4.74 Å². The van der Waals surface area contributed by atoms with Gasteiger partial charge in [0, 0.05) is 5.31 Å². The van der Waals surface area contributed by atoms with Gasteiger partial charge in [-0.25, -0.2) is 0 Å². The van der Waals surface area contributed by atoms with Gasteiger partial charge >= 0.3 is 7.12 Å². The van der Waals surface area contributed by atoms with E-state index >= 15 is 0 Å². The van der Waals surface area contributed by atoms with Gasteiger partial charge in [-0.15, -0.1) is 0 Å². The zero-order chi connectivity index (χ0) is 16.7. The first-order valence-corrected chi connectivity index (χ1v) is 8.64. The average Bonchev–Trinajstić information content (AvgIpc) is 2.57. The summed E-state index contributed by atoms with van der Waals surface area (Å²) >= 11 is 0. The molecular formula is C19H27BO3. The Hall–Kier alpha value is -0.995. The Balaban J connectivity index is 1.51. The summed E-state index contributed by atoms with van der Waals surface area (Å²) in [7, 11) is 1.68. The number of hydrogen-bond donors (Lipinski definition) is 0. The van der Waals surface area contributed by atoms with Gasteiger partial charge in [0.1, 0.15) is 5.75 Å². The quantitative estimate of drug-likeness (QED) is 0.780. The monoisotopic (exact) mass is 314 g/mol. The van der Waals surface area contributed by atoms with Crippen LogP contribution in [-0.2, 0) is 14.7 Å². The summed E-state index contributed by atoms with van der Waals surface area (Å²) in [5.74, 6) is 0.943. The zero-order valence-corrected chi connectivity index (χ0v) is 15.2. The normalized spacial score (nSPS) is 36.3. The third-order valence-corrected chi connectivity index (χ3v) is 6.83. The van der Waals surface area contributed by atoms with Crippen LogP contribution in [0.4, 0.5) is 0 Å². The predicted molar refractivity (Wildman–Crippen MR) is 92.0 cm³/mol. The zero-order valence-electron chi connectivity index (χ0n) is 15.2. The minimum absolute atomic E-state index is 0.0482. The molecule has 4 aliphatic rings. The summed E-state index contributed by atoms with van der Waals surface area (Å²) < 4.78 is 18.0. The van der Waals surface area contributed by atoms with Crippen molar-refractivity contribution < 1.29 is 14.0 Å². The molecule has 0 radical (unpaired) electrons. The summed E-state index contributed by atoms with van der Waals surface area (Å²) in [6, 6.07) is 6.49. The number of methoxy groups -OCH3 is 1. The molecular weight excluding hydrogens is 287 g/mol. The molecule has 0 aromatic heterocycles. The van der Waals surface area contributed by atoms with Gasteiger partial charge < -0.3 is 14.0 Å². The maximum atomic E-state index is 6.31. The first kappa shape index (κ1) is 15.5. The fourth-order valence-corrected chi connectivity index (χ4v) is 4.85. The molecule has 3 saturated carbocycles. The van der Waals surface area contributed by atoms with E-state index in [-0.39, 0.29) is 23.6 Å². The SMILES string of the molecule is COc1ccc(C23CC(B4OC(C)(C)C(C)(C)O4)(C2)C3)c(C)c1. The van der Waals surface area contributed by atoms with E-state index in [2.05, 4.69) is 52.8 Å². The molecule has 1 aromatic carbocycles. The van der Waals surface area contributed by atoms with Crippen molar-refractivity contribution in [2.75, 3.05) is 7.11 Å². The van der Waals surface area contributed by atoms with Crippen molar-refractivity contribution in [1.29, 1.82) is 0 Å². The fourth-order valence-electron chi connectivity index (χ4n) is 4.85. The summed E-state index contributed by atoms with van der Waals surface area (Å²) in [6.07, 6.45) is 3.55. The van der Waals surface area contributed by atoms with Gasteiger partial charge in [0.05, 0.1) is 18.3 Å². The molecule has 0 atom stereocenters. The molecule has 0 amide bonds. The Bertz CT molecular complexity index is 629. The minimum Gasteiger partial charge on any atom is -0.497 e. The van der Waals surface area contributed by atoms with Crippen molar-refractivity contribution in [2.45, 2.75) is 75.8 Å². The minimum atomic E-state index is -0.226. The molecule has 0 spiro atoms. The average molecular weight is 314 g/mol. The van der Waals surface area contributed by atoms with Gasteiger partial charge in [-0.3, -0.25) is 0 Å². The number of aryl methyl sites for hydroxylation is 1. The fraction of sp³-hybridized carbons (Fsp3) is 0.684. The van der Waals surface area contributed by atoms with Crippen LogP contribution in [0.2, 0.25) is 5.31 Å². The van der Waals surface area contributed by atoms with E-state index in [1.807, 2.05) is 0 Å². The van der Waals surface area contributed by atoms with E-state index in [1.165, 1.54) is 30.4 Å². The lowest BCUT2D eigenvalue weighted by Gasteiger charge is -2.71. The third-order valence-electron chi connectivity index (χ3n) is 6.83. The van der Waals surface area contributed by atoms with Crippen molar-refractivity contribution in [3.8, 4) is 5.75 Å². The first-order valence-electron chi connectivity index (χ1n) is 8.64. The van der Waals surface area contributed by atoms with Gasteiger partial charge in [-0.1, -0.05) is 6.07 Å². The van der Waals surface area contributed by atoms with Gasteiger partial charge in [0.25, 0.3) is 0 Å². The molecule has 23 heavy (non-hydrogen) atoms. The smallest absolute Gasteiger partial charge is 0.464 e. The van der Waals surface area contributed by atoms with E-state index < -0.39 is 0 Å². The summed E-state index contributed by atoms with van der Waals surface area (Å²) in [5, 5.41) is 0.234. The van der Waals surface area contributed by atoms with E-state index in [0.717, 1.165) is 5.75 Å². The highest BCUT2D eigenvalue weighted by molar-refractivity contribution is 6.51. The Labute approximate surface area is 139 Å². The standard InChI is InChI=1S/C19H27BO3/c1-13-9-14(21-6)7-8-15(13)18-10-19(11-18,12-18)20-22-16(2,3)17(4,5)23-20/h7-9H,10-12H2,1-6H3. The summed E-state index contributed by atoms with van der Waals surface area (Å²) in [5.41, 5.74) is 2.72. The van der Waals surface area contributed by atoms with Gasteiger partial charge in [-0.05, 0) is 82.6 Å². The molecule has 1 heterocycles. The van der Waals surface area contributed by atoms with Crippen LogP contribution in [0, 0.1) is 6.92 Å². The van der Waals surface area contributed by atoms with Crippen LogP contribution in [0.15, 0.2) is 18.2 Å². The Kier molecular flexibility index (Phi) is 2.93. The second-order valence-corrected chi connectivity index (χ2v) is 8.94. The van der Waals surface area contributed by atoms with Crippen LogP contribution in [0.25, 0.3) is 0 Å². The largest absolute Gasteiger partial charge is 0.497 e. The Morgan fingerprint density at radius 2 is 1.57 bits per heavy atom.